The van der Waals surface area contributed by atoms with Gasteiger partial charge >= 0.3 is 0 Å². The molecule has 3 aromatic rings. The van der Waals surface area contributed by atoms with Gasteiger partial charge in [0, 0.05) is 61.2 Å². The van der Waals surface area contributed by atoms with E-state index < -0.39 is 0 Å². The summed E-state index contributed by atoms with van der Waals surface area (Å²) in [4.78, 5) is 5.99. The minimum atomic E-state index is 0.231. The number of aromatic nitrogens is 2. The van der Waals surface area contributed by atoms with Crippen LogP contribution < -0.4 is 0 Å². The predicted molar refractivity (Wildman–Crippen MR) is 142 cm³/mol. The fraction of sp³-hybridized carbons (Fsp3) is 0.464. The molecule has 35 heavy (non-hydrogen) atoms. The van der Waals surface area contributed by atoms with Crippen LogP contribution in [0.3, 0.4) is 0 Å². The van der Waals surface area contributed by atoms with E-state index >= 15 is 0 Å². The summed E-state index contributed by atoms with van der Waals surface area (Å²) in [5.74, 6) is 6.32. The van der Waals surface area contributed by atoms with Crippen molar-refractivity contribution in [2.24, 2.45) is 0 Å². The van der Waals surface area contributed by atoms with Crippen LogP contribution in [0, 0.1) is 11.8 Å². The molecule has 1 saturated heterocycles. The van der Waals surface area contributed by atoms with Crippen LogP contribution >= 0.6 is 11.3 Å². The van der Waals surface area contributed by atoms with E-state index in [0.29, 0.717) is 19.8 Å². The van der Waals surface area contributed by atoms with E-state index in [2.05, 4.69) is 68.5 Å². The molecule has 3 heterocycles. The smallest absolute Gasteiger partial charge is 0.108 e. The molecule has 1 aliphatic heterocycles. The zero-order valence-corrected chi connectivity index (χ0v) is 21.7. The van der Waals surface area contributed by atoms with Gasteiger partial charge in [0.05, 0.1) is 35.6 Å². The molecular weight excluding hydrogens is 456 g/mol. The average molecular weight is 491 g/mol. The Morgan fingerprint density at radius 1 is 1.14 bits per heavy atom. The van der Waals surface area contributed by atoms with Crippen LogP contribution in [0.1, 0.15) is 35.4 Å². The number of thiophene rings is 1. The highest BCUT2D eigenvalue weighted by Crippen LogP contribution is 2.41. The van der Waals surface area contributed by atoms with Gasteiger partial charge in [-0.05, 0) is 38.1 Å². The Morgan fingerprint density at radius 2 is 2.00 bits per heavy atom. The maximum Gasteiger partial charge on any atom is 0.108 e. The molecule has 2 aromatic heterocycles. The number of hydrogen-bond donors (Lipinski definition) is 1. The molecule has 2 aliphatic rings. The number of piperazine rings is 1. The lowest BCUT2D eigenvalue weighted by atomic mass is 10.0. The van der Waals surface area contributed by atoms with Crippen LogP contribution in [0.5, 0.6) is 0 Å². The van der Waals surface area contributed by atoms with Crippen molar-refractivity contribution in [2.75, 3.05) is 53.0 Å². The van der Waals surface area contributed by atoms with Gasteiger partial charge in [0.25, 0.3) is 0 Å². The van der Waals surface area contributed by atoms with E-state index in [1.807, 2.05) is 13.8 Å². The number of H-pyrrole nitrogens is 1. The van der Waals surface area contributed by atoms with E-state index in [9.17, 15) is 0 Å². The van der Waals surface area contributed by atoms with Crippen LogP contribution in [0.2, 0.25) is 0 Å². The minimum absolute atomic E-state index is 0.231. The molecule has 0 amide bonds. The fourth-order valence-electron chi connectivity index (χ4n) is 4.70. The Kier molecular flexibility index (Phi) is 7.66. The highest BCUT2D eigenvalue weighted by atomic mass is 32.1. The van der Waals surface area contributed by atoms with Gasteiger partial charge in [0.2, 0.25) is 0 Å². The summed E-state index contributed by atoms with van der Waals surface area (Å²) in [7, 11) is 2.20. The predicted octanol–water partition coefficient (Wildman–Crippen LogP) is 4.25. The van der Waals surface area contributed by atoms with Crippen LogP contribution in [-0.4, -0.2) is 79.1 Å². The molecule has 1 fully saturated rings. The summed E-state index contributed by atoms with van der Waals surface area (Å²) in [6, 6.07) is 9.08. The van der Waals surface area contributed by atoms with Crippen molar-refractivity contribution >= 4 is 11.3 Å². The summed E-state index contributed by atoms with van der Waals surface area (Å²) in [6.07, 6.45) is 1.16. The number of likely N-dealkylation sites (N-methyl/N-ethyl adjacent to an activating group) is 1. The largest absolute Gasteiger partial charge is 0.376 e. The summed E-state index contributed by atoms with van der Waals surface area (Å²) in [5, 5.41) is 10.1. The maximum absolute atomic E-state index is 5.53. The molecule has 0 spiro atoms. The Labute approximate surface area is 212 Å². The van der Waals surface area contributed by atoms with Crippen molar-refractivity contribution in [1.82, 2.24) is 20.0 Å². The van der Waals surface area contributed by atoms with E-state index in [0.717, 1.165) is 61.0 Å². The van der Waals surface area contributed by atoms with Gasteiger partial charge in [0.1, 0.15) is 6.61 Å². The van der Waals surface area contributed by atoms with Gasteiger partial charge < -0.3 is 14.4 Å². The molecule has 184 valence electrons. The molecule has 0 unspecified atom stereocenters. The maximum atomic E-state index is 5.53. The number of rotatable bonds is 8. The molecule has 1 N–H and O–H groups in total. The molecule has 0 saturated carbocycles. The minimum Gasteiger partial charge on any atom is -0.376 e. The normalized spacial score (nSPS) is 15.8. The Hall–Kier alpha value is -2.47. The summed E-state index contributed by atoms with van der Waals surface area (Å²) >= 11 is 1.65. The monoisotopic (exact) mass is 490 g/mol. The SMILES string of the molecule is CC(C)OCCOCC#Cc1cc(-c2n[nH]c3c2Cc2cc(CN4CCN(C)CC4)ccc2-3)cs1. The van der Waals surface area contributed by atoms with Crippen molar-refractivity contribution in [3.63, 3.8) is 0 Å². The van der Waals surface area contributed by atoms with Gasteiger partial charge in [-0.15, -0.1) is 11.3 Å². The van der Waals surface area contributed by atoms with E-state index in [4.69, 9.17) is 9.47 Å². The molecule has 5 rings (SSSR count). The number of benzene rings is 1. The molecule has 0 radical (unpaired) electrons. The number of ether oxygens (including phenoxy) is 2. The highest BCUT2D eigenvalue weighted by molar-refractivity contribution is 7.11. The molecule has 1 aliphatic carbocycles. The number of fused-ring (bicyclic) bond motifs is 3. The molecule has 7 heteroatoms. The lowest BCUT2D eigenvalue weighted by Crippen LogP contribution is -2.43. The number of aromatic amines is 1. The average Bonchev–Trinajstić information content (AvgIpc) is 3.55. The van der Waals surface area contributed by atoms with E-state index in [1.54, 1.807) is 11.3 Å². The molecule has 1 aromatic carbocycles. The second-order valence-electron chi connectivity index (χ2n) is 9.65. The Morgan fingerprint density at radius 3 is 2.83 bits per heavy atom. The van der Waals surface area contributed by atoms with Gasteiger partial charge in [-0.2, -0.15) is 5.10 Å². The Bertz CT molecular complexity index is 1210. The van der Waals surface area contributed by atoms with E-state index in [-0.39, 0.29) is 6.10 Å². The zero-order valence-electron chi connectivity index (χ0n) is 20.9. The third kappa shape index (κ3) is 5.85. The first-order valence-corrected chi connectivity index (χ1v) is 13.3. The summed E-state index contributed by atoms with van der Waals surface area (Å²) in [5.41, 5.74) is 8.72. The quantitative estimate of drug-likeness (QED) is 0.296. The van der Waals surface area contributed by atoms with Crippen molar-refractivity contribution in [2.45, 2.75) is 32.9 Å². The molecule has 0 atom stereocenters. The third-order valence-corrected chi connectivity index (χ3v) is 7.46. The molecule has 0 bridgehead atoms. The zero-order chi connectivity index (χ0) is 24.2. The first kappa shape index (κ1) is 24.2. The molecular formula is C28H34N4O2S. The van der Waals surface area contributed by atoms with E-state index in [1.165, 1.54) is 22.3 Å². The standard InChI is InChI=1S/C28H34N4O2S/c1-20(2)34-14-13-33-12-4-5-24-16-23(19-35-24)27-26-17-22-15-21(6-7-25(22)28(26)30-29-27)18-32-10-8-31(3)9-11-32/h6-7,15-16,19-20H,8-14,17-18H2,1-3H3,(H,29,30). The second-order valence-corrected chi connectivity index (χ2v) is 10.6. The number of nitrogens with one attached hydrogen (secondary N) is 1. The van der Waals surface area contributed by atoms with Crippen molar-refractivity contribution in [1.29, 1.82) is 0 Å². The van der Waals surface area contributed by atoms with Crippen LogP contribution in [0.15, 0.2) is 29.6 Å². The Balaban J connectivity index is 1.20. The van der Waals surface area contributed by atoms with Crippen molar-refractivity contribution in [3.05, 3.63) is 51.2 Å². The van der Waals surface area contributed by atoms with Gasteiger partial charge in [-0.25, -0.2) is 0 Å². The lowest BCUT2D eigenvalue weighted by molar-refractivity contribution is 0.0280. The topological polar surface area (TPSA) is 53.6 Å². The van der Waals surface area contributed by atoms with Crippen LogP contribution in [0.25, 0.3) is 22.5 Å². The lowest BCUT2D eigenvalue weighted by Gasteiger charge is -2.32. The third-order valence-electron chi connectivity index (χ3n) is 6.61. The van der Waals surface area contributed by atoms with Crippen LogP contribution in [-0.2, 0) is 22.4 Å². The fourth-order valence-corrected chi connectivity index (χ4v) is 5.46. The second kappa shape index (κ2) is 11.1. The summed E-state index contributed by atoms with van der Waals surface area (Å²) in [6.45, 7) is 11.2. The van der Waals surface area contributed by atoms with Gasteiger partial charge in [-0.1, -0.05) is 30.0 Å². The first-order valence-electron chi connectivity index (χ1n) is 12.4. The number of nitrogens with zero attached hydrogens (tertiary/aromatic N) is 3. The first-order chi connectivity index (χ1) is 17.1. The van der Waals surface area contributed by atoms with Crippen molar-refractivity contribution in [3.8, 4) is 34.4 Å². The highest BCUT2D eigenvalue weighted by Gasteiger charge is 2.26. The van der Waals surface area contributed by atoms with Crippen LogP contribution in [0.4, 0.5) is 0 Å². The molecule has 6 nitrogen and oxygen atoms in total. The van der Waals surface area contributed by atoms with Gasteiger partial charge in [-0.3, -0.25) is 10.00 Å². The number of hydrogen-bond acceptors (Lipinski definition) is 6. The summed E-state index contributed by atoms with van der Waals surface area (Å²) < 4.78 is 11.0. The van der Waals surface area contributed by atoms with Crippen molar-refractivity contribution < 1.29 is 9.47 Å². The van der Waals surface area contributed by atoms with Gasteiger partial charge in [0.15, 0.2) is 0 Å².